The molecule has 0 aromatic carbocycles. The molecule has 0 bridgehead atoms. The number of aromatic nitrogens is 2. The molecule has 18 heavy (non-hydrogen) atoms. The molecule has 0 atom stereocenters. The molecule has 2 heterocycles. The number of rotatable bonds is 3. The Labute approximate surface area is 110 Å². The molecule has 2 N–H and O–H groups in total. The van der Waals surface area contributed by atoms with Gasteiger partial charge in [0.05, 0.1) is 11.9 Å². The summed E-state index contributed by atoms with van der Waals surface area (Å²) in [7, 11) is 1.75. The van der Waals surface area contributed by atoms with Crippen LogP contribution in [0.5, 0.6) is 0 Å². The van der Waals surface area contributed by atoms with E-state index in [-0.39, 0.29) is 10.6 Å². The van der Waals surface area contributed by atoms with Crippen molar-refractivity contribution < 1.29 is 9.84 Å². The SMILES string of the molecule is CN(CC1(O)CCOCC1)c1nc[nH]c(=O)c1Cl. The van der Waals surface area contributed by atoms with Gasteiger partial charge in [0.15, 0.2) is 5.82 Å². The van der Waals surface area contributed by atoms with Gasteiger partial charge in [-0.3, -0.25) is 4.79 Å². The Morgan fingerprint density at radius 3 is 2.94 bits per heavy atom. The summed E-state index contributed by atoms with van der Waals surface area (Å²) in [5.74, 6) is 0.375. The highest BCUT2D eigenvalue weighted by Gasteiger charge is 2.32. The molecule has 100 valence electrons. The standard InChI is InChI=1S/C11H16ClN3O3/c1-15(6-11(17)2-4-18-5-3-11)9-8(12)10(16)14-7-13-9/h7,17H,2-6H2,1H3,(H,13,14,16). The molecule has 2 rings (SSSR count). The first kappa shape index (κ1) is 13.3. The summed E-state index contributed by atoms with van der Waals surface area (Å²) in [5, 5.41) is 10.4. The molecular formula is C11H16ClN3O3. The second-order valence-electron chi connectivity index (χ2n) is 4.56. The molecular weight excluding hydrogens is 258 g/mol. The van der Waals surface area contributed by atoms with Crippen molar-refractivity contribution in [2.24, 2.45) is 0 Å². The Morgan fingerprint density at radius 1 is 1.61 bits per heavy atom. The maximum atomic E-state index is 11.4. The van der Waals surface area contributed by atoms with E-state index in [9.17, 15) is 9.90 Å². The second kappa shape index (κ2) is 5.26. The molecule has 1 aromatic heterocycles. The van der Waals surface area contributed by atoms with E-state index in [0.29, 0.717) is 38.4 Å². The molecule has 0 unspecified atom stereocenters. The molecule has 0 spiro atoms. The topological polar surface area (TPSA) is 78.5 Å². The van der Waals surface area contributed by atoms with Crippen LogP contribution in [0.1, 0.15) is 12.8 Å². The second-order valence-corrected chi connectivity index (χ2v) is 4.94. The largest absolute Gasteiger partial charge is 0.388 e. The van der Waals surface area contributed by atoms with Crippen LogP contribution in [0.3, 0.4) is 0 Å². The average molecular weight is 274 g/mol. The third-order valence-corrected chi connectivity index (χ3v) is 3.44. The monoisotopic (exact) mass is 273 g/mol. The molecule has 0 amide bonds. The highest BCUT2D eigenvalue weighted by Crippen LogP contribution is 2.25. The van der Waals surface area contributed by atoms with Crippen LogP contribution in [0.15, 0.2) is 11.1 Å². The van der Waals surface area contributed by atoms with Gasteiger partial charge in [0.25, 0.3) is 5.56 Å². The van der Waals surface area contributed by atoms with Crippen molar-refractivity contribution >= 4 is 17.4 Å². The fourth-order valence-corrected chi connectivity index (χ4v) is 2.31. The van der Waals surface area contributed by atoms with Gasteiger partial charge < -0.3 is 19.7 Å². The van der Waals surface area contributed by atoms with Gasteiger partial charge in [-0.1, -0.05) is 11.6 Å². The zero-order valence-corrected chi connectivity index (χ0v) is 10.9. The third kappa shape index (κ3) is 2.82. The number of aromatic amines is 1. The number of hydrogen-bond acceptors (Lipinski definition) is 5. The smallest absolute Gasteiger partial charge is 0.271 e. The van der Waals surface area contributed by atoms with Crippen LogP contribution in [0.4, 0.5) is 5.82 Å². The summed E-state index contributed by atoms with van der Waals surface area (Å²) in [4.78, 5) is 19.5. The highest BCUT2D eigenvalue weighted by molar-refractivity contribution is 6.32. The summed E-state index contributed by atoms with van der Waals surface area (Å²) >= 11 is 5.90. The fraction of sp³-hybridized carbons (Fsp3) is 0.636. The normalized spacial score (nSPS) is 18.6. The summed E-state index contributed by atoms with van der Waals surface area (Å²) in [6, 6.07) is 0. The van der Waals surface area contributed by atoms with E-state index in [1.807, 2.05) is 0 Å². The molecule has 7 heteroatoms. The first-order valence-corrected chi connectivity index (χ1v) is 6.14. The lowest BCUT2D eigenvalue weighted by Crippen LogP contribution is -2.46. The number of aliphatic hydroxyl groups is 1. The minimum absolute atomic E-state index is 0.0376. The highest BCUT2D eigenvalue weighted by atomic mass is 35.5. The van der Waals surface area contributed by atoms with Crippen molar-refractivity contribution in [3.63, 3.8) is 0 Å². The maximum absolute atomic E-state index is 11.4. The van der Waals surface area contributed by atoms with E-state index in [1.54, 1.807) is 11.9 Å². The van der Waals surface area contributed by atoms with Crippen molar-refractivity contribution in [2.45, 2.75) is 18.4 Å². The quantitative estimate of drug-likeness (QED) is 0.834. The van der Waals surface area contributed by atoms with Crippen LogP contribution in [0.2, 0.25) is 5.02 Å². The summed E-state index contributed by atoms with van der Waals surface area (Å²) in [6.07, 6.45) is 2.43. The number of likely N-dealkylation sites (N-methyl/N-ethyl adjacent to an activating group) is 1. The molecule has 0 radical (unpaired) electrons. The Hall–Kier alpha value is -1.11. The van der Waals surface area contributed by atoms with E-state index < -0.39 is 5.60 Å². The number of hydrogen-bond donors (Lipinski definition) is 2. The fourth-order valence-electron chi connectivity index (χ4n) is 2.07. The first-order valence-electron chi connectivity index (χ1n) is 5.76. The van der Waals surface area contributed by atoms with E-state index in [4.69, 9.17) is 16.3 Å². The Morgan fingerprint density at radius 2 is 2.28 bits per heavy atom. The minimum Gasteiger partial charge on any atom is -0.388 e. The van der Waals surface area contributed by atoms with Gasteiger partial charge >= 0.3 is 0 Å². The third-order valence-electron chi connectivity index (χ3n) is 3.09. The number of ether oxygens (including phenoxy) is 1. The van der Waals surface area contributed by atoms with Gasteiger partial charge in [-0.15, -0.1) is 0 Å². The van der Waals surface area contributed by atoms with Gasteiger partial charge in [0.1, 0.15) is 5.02 Å². The Bertz CT molecular complexity index is 471. The molecule has 0 saturated carbocycles. The predicted molar refractivity (Wildman–Crippen MR) is 68.1 cm³/mol. The number of nitrogens with zero attached hydrogens (tertiary/aromatic N) is 2. The van der Waals surface area contributed by atoms with E-state index in [0.717, 1.165) is 0 Å². The number of anilines is 1. The number of halogens is 1. The lowest BCUT2D eigenvalue weighted by atomic mass is 9.94. The molecule has 1 aliphatic rings. The molecule has 1 fully saturated rings. The van der Waals surface area contributed by atoms with Crippen LogP contribution < -0.4 is 10.5 Å². The first-order chi connectivity index (χ1) is 8.52. The summed E-state index contributed by atoms with van der Waals surface area (Å²) < 4.78 is 5.22. The average Bonchev–Trinajstić information content (AvgIpc) is 2.33. The molecule has 1 aromatic rings. The van der Waals surface area contributed by atoms with Gasteiger partial charge in [0, 0.05) is 39.6 Å². The summed E-state index contributed by atoms with van der Waals surface area (Å²) in [5.41, 5.74) is -1.20. The van der Waals surface area contributed by atoms with Crippen molar-refractivity contribution in [1.29, 1.82) is 0 Å². The molecule has 6 nitrogen and oxygen atoms in total. The van der Waals surface area contributed by atoms with Crippen LogP contribution in [-0.4, -0.2) is 47.5 Å². The number of H-pyrrole nitrogens is 1. The van der Waals surface area contributed by atoms with Crippen molar-refractivity contribution in [2.75, 3.05) is 31.7 Å². The van der Waals surface area contributed by atoms with Crippen LogP contribution >= 0.6 is 11.6 Å². The lowest BCUT2D eigenvalue weighted by Gasteiger charge is -2.35. The Kier molecular flexibility index (Phi) is 3.89. The van der Waals surface area contributed by atoms with Gasteiger partial charge in [-0.2, -0.15) is 0 Å². The van der Waals surface area contributed by atoms with Crippen LogP contribution in [0.25, 0.3) is 0 Å². The molecule has 1 saturated heterocycles. The minimum atomic E-state index is -0.819. The van der Waals surface area contributed by atoms with E-state index in [1.165, 1.54) is 6.33 Å². The molecule has 1 aliphatic heterocycles. The van der Waals surface area contributed by atoms with E-state index in [2.05, 4.69) is 9.97 Å². The van der Waals surface area contributed by atoms with Crippen molar-refractivity contribution in [3.05, 3.63) is 21.7 Å². The van der Waals surface area contributed by atoms with Gasteiger partial charge in [-0.25, -0.2) is 4.98 Å². The van der Waals surface area contributed by atoms with Crippen molar-refractivity contribution in [1.82, 2.24) is 9.97 Å². The Balaban J connectivity index is 2.14. The van der Waals surface area contributed by atoms with Crippen molar-refractivity contribution in [3.8, 4) is 0 Å². The zero-order valence-electron chi connectivity index (χ0n) is 10.1. The van der Waals surface area contributed by atoms with Crippen LogP contribution in [-0.2, 0) is 4.74 Å². The molecule has 0 aliphatic carbocycles. The van der Waals surface area contributed by atoms with Crippen LogP contribution in [0, 0.1) is 0 Å². The summed E-state index contributed by atoms with van der Waals surface area (Å²) in [6.45, 7) is 1.45. The number of nitrogens with one attached hydrogen (secondary N) is 1. The maximum Gasteiger partial charge on any atom is 0.271 e. The van der Waals surface area contributed by atoms with E-state index >= 15 is 0 Å². The lowest BCUT2D eigenvalue weighted by molar-refractivity contribution is -0.0573. The zero-order chi connectivity index (χ0) is 13.2. The predicted octanol–water partition coefficient (Wildman–Crippen LogP) is 0.401. The van der Waals surface area contributed by atoms with Gasteiger partial charge in [-0.05, 0) is 0 Å². The van der Waals surface area contributed by atoms with Gasteiger partial charge in [0.2, 0.25) is 0 Å².